The zero-order valence-corrected chi connectivity index (χ0v) is 5.97. The number of rotatable bonds is 1. The number of aryl methyl sites for hydroxylation is 1. The van der Waals surface area contributed by atoms with Gasteiger partial charge in [0.15, 0.2) is 0 Å². The minimum absolute atomic E-state index is 0.271. The number of halogens is 3. The van der Waals surface area contributed by atoms with Crippen LogP contribution in [0.15, 0.2) is 24.5 Å². The molecule has 0 saturated carbocycles. The van der Waals surface area contributed by atoms with Crippen LogP contribution < -0.4 is 4.48 Å². The molecule has 0 radical (unpaired) electrons. The Bertz CT molecular complexity index is 241. The molecule has 0 amide bonds. The molecular formula is C6H7BF3N. The fourth-order valence-electron chi connectivity index (χ4n) is 0.708. The van der Waals surface area contributed by atoms with Crippen molar-refractivity contribution in [2.24, 2.45) is 0 Å². The predicted octanol–water partition coefficient (Wildman–Crippen LogP) is 1.47. The zero-order chi connectivity index (χ0) is 8.48. The van der Waals surface area contributed by atoms with Crippen molar-refractivity contribution in [3.63, 3.8) is 0 Å². The lowest BCUT2D eigenvalue weighted by Crippen LogP contribution is -2.54. The first-order valence-corrected chi connectivity index (χ1v) is 3.17. The van der Waals surface area contributed by atoms with Crippen molar-refractivity contribution in [1.29, 1.82) is 0 Å². The quantitative estimate of drug-likeness (QED) is 0.549. The molecule has 0 saturated heterocycles. The summed E-state index contributed by atoms with van der Waals surface area (Å²) < 4.78 is 36.1. The average molecular weight is 161 g/mol. The van der Waals surface area contributed by atoms with E-state index in [2.05, 4.69) is 0 Å². The molecule has 0 atom stereocenters. The molecule has 1 aromatic rings. The molecule has 0 aliphatic rings. The second kappa shape index (κ2) is 2.56. The topological polar surface area (TPSA) is 3.88 Å². The van der Waals surface area contributed by atoms with Gasteiger partial charge >= 0.3 is 7.11 Å². The van der Waals surface area contributed by atoms with Gasteiger partial charge in [0, 0.05) is 12.1 Å². The molecule has 0 aromatic carbocycles. The van der Waals surface area contributed by atoms with Crippen molar-refractivity contribution in [3.05, 3.63) is 30.1 Å². The molecule has 0 N–H and O–H groups in total. The fourth-order valence-corrected chi connectivity index (χ4v) is 0.708. The smallest absolute Gasteiger partial charge is 0.379 e. The summed E-state index contributed by atoms with van der Waals surface area (Å²) in [7, 11) is -4.90. The van der Waals surface area contributed by atoms with Crippen LogP contribution in [0.25, 0.3) is 0 Å². The molecule has 11 heavy (non-hydrogen) atoms. The van der Waals surface area contributed by atoms with E-state index in [1.165, 1.54) is 12.1 Å². The summed E-state index contributed by atoms with van der Waals surface area (Å²) in [5, 5.41) is 0. The van der Waals surface area contributed by atoms with E-state index in [1.54, 1.807) is 6.92 Å². The van der Waals surface area contributed by atoms with Gasteiger partial charge in [-0.05, 0) is 12.5 Å². The lowest BCUT2D eigenvalue weighted by atomic mass is 10.1. The summed E-state index contributed by atoms with van der Waals surface area (Å²) in [6.07, 6.45) is 2.05. The van der Waals surface area contributed by atoms with Crippen LogP contribution in [0.4, 0.5) is 12.9 Å². The lowest BCUT2D eigenvalue weighted by Gasteiger charge is -2.06. The molecule has 0 bridgehead atoms. The summed E-state index contributed by atoms with van der Waals surface area (Å²) in [6, 6.07) is 2.85. The van der Waals surface area contributed by atoms with Crippen molar-refractivity contribution in [2.45, 2.75) is 6.92 Å². The van der Waals surface area contributed by atoms with E-state index in [-0.39, 0.29) is 4.48 Å². The Kier molecular flexibility index (Phi) is 1.89. The van der Waals surface area contributed by atoms with Crippen LogP contribution in [0, 0.1) is 6.92 Å². The molecule has 0 spiro atoms. The van der Waals surface area contributed by atoms with Gasteiger partial charge in [-0.3, -0.25) is 0 Å². The monoisotopic (exact) mass is 161 g/mol. The van der Waals surface area contributed by atoms with Crippen molar-refractivity contribution in [3.8, 4) is 0 Å². The first-order valence-electron chi connectivity index (χ1n) is 3.17. The Labute approximate surface area is 62.6 Å². The number of hydrogen-bond acceptors (Lipinski definition) is 0. The Morgan fingerprint density at radius 1 is 1.18 bits per heavy atom. The third-order valence-corrected chi connectivity index (χ3v) is 1.36. The first kappa shape index (κ1) is 8.10. The van der Waals surface area contributed by atoms with E-state index in [9.17, 15) is 12.9 Å². The van der Waals surface area contributed by atoms with Crippen molar-refractivity contribution in [2.75, 3.05) is 0 Å². The van der Waals surface area contributed by atoms with Gasteiger partial charge < -0.3 is 17.4 Å². The van der Waals surface area contributed by atoms with Gasteiger partial charge in [0.1, 0.15) is 12.4 Å². The maximum absolute atomic E-state index is 11.9. The molecule has 0 unspecified atom stereocenters. The first-order chi connectivity index (χ1) is 5.00. The molecule has 1 aromatic heterocycles. The largest absolute Gasteiger partial charge is 0.810 e. The number of hydrogen-bond donors (Lipinski definition) is 0. The van der Waals surface area contributed by atoms with Crippen LogP contribution in [0.3, 0.4) is 0 Å². The Balaban J connectivity index is 2.99. The van der Waals surface area contributed by atoms with E-state index in [0.29, 0.717) is 0 Å². The van der Waals surface area contributed by atoms with Gasteiger partial charge in [0.2, 0.25) is 0 Å². The third kappa shape index (κ3) is 1.96. The van der Waals surface area contributed by atoms with Crippen LogP contribution in [0.5, 0.6) is 0 Å². The molecule has 0 aliphatic carbocycles. The van der Waals surface area contributed by atoms with Gasteiger partial charge in [-0.25, -0.2) is 0 Å². The van der Waals surface area contributed by atoms with Gasteiger partial charge in [0.25, 0.3) is 0 Å². The summed E-state index contributed by atoms with van der Waals surface area (Å²) in [6.45, 7) is 1.74. The molecule has 60 valence electrons. The highest BCUT2D eigenvalue weighted by Gasteiger charge is 2.39. The maximum Gasteiger partial charge on any atom is 0.810 e. The second-order valence-corrected chi connectivity index (χ2v) is 2.36. The Morgan fingerprint density at radius 2 is 1.64 bits per heavy atom. The number of nitrogens with zero attached hydrogens (tertiary/aromatic N) is 1. The van der Waals surface area contributed by atoms with Crippen LogP contribution in [-0.4, -0.2) is 7.11 Å². The molecular weight excluding hydrogens is 154 g/mol. The van der Waals surface area contributed by atoms with E-state index in [4.69, 9.17) is 0 Å². The standard InChI is InChI=1S/C6H7BF3N/c1-6-2-4-11(5-3-6)7(8,9)10/h2-5H,1H3. The Morgan fingerprint density at radius 3 is 2.00 bits per heavy atom. The van der Waals surface area contributed by atoms with E-state index < -0.39 is 7.11 Å². The predicted molar refractivity (Wildman–Crippen MR) is 35.9 cm³/mol. The summed E-state index contributed by atoms with van der Waals surface area (Å²) in [5.41, 5.74) is 0.821. The highest BCUT2D eigenvalue weighted by Crippen LogP contribution is 2.02. The minimum atomic E-state index is -4.90. The van der Waals surface area contributed by atoms with Gasteiger partial charge in [-0.15, -0.1) is 0 Å². The molecule has 1 rings (SSSR count). The second-order valence-electron chi connectivity index (χ2n) is 2.36. The normalized spacial score (nSPS) is 11.6. The molecule has 5 heteroatoms. The van der Waals surface area contributed by atoms with Crippen molar-refractivity contribution in [1.82, 2.24) is 0 Å². The van der Waals surface area contributed by atoms with Crippen LogP contribution in [-0.2, 0) is 0 Å². The van der Waals surface area contributed by atoms with Crippen LogP contribution in [0.2, 0.25) is 0 Å². The van der Waals surface area contributed by atoms with E-state index in [0.717, 1.165) is 18.0 Å². The number of aromatic nitrogens is 1. The molecule has 0 aliphatic heterocycles. The highest BCUT2D eigenvalue weighted by atomic mass is 19.4. The van der Waals surface area contributed by atoms with E-state index >= 15 is 0 Å². The Hall–Kier alpha value is -0.995. The van der Waals surface area contributed by atoms with Crippen LogP contribution in [0.1, 0.15) is 5.56 Å². The molecule has 1 heterocycles. The molecule has 0 fully saturated rings. The fraction of sp³-hybridized carbons (Fsp3) is 0.167. The van der Waals surface area contributed by atoms with Gasteiger partial charge in [-0.1, -0.05) is 0 Å². The maximum atomic E-state index is 11.9. The average Bonchev–Trinajstić information content (AvgIpc) is 1.86. The SMILES string of the molecule is Cc1cc[n+]([B-](F)(F)F)cc1. The summed E-state index contributed by atoms with van der Waals surface area (Å²) in [4.78, 5) is 0. The lowest BCUT2D eigenvalue weighted by molar-refractivity contribution is -0.576. The number of pyridine rings is 1. The summed E-state index contributed by atoms with van der Waals surface area (Å²) in [5.74, 6) is 0. The third-order valence-electron chi connectivity index (χ3n) is 1.36. The van der Waals surface area contributed by atoms with E-state index in [1.807, 2.05) is 0 Å². The van der Waals surface area contributed by atoms with Crippen LogP contribution >= 0.6 is 0 Å². The van der Waals surface area contributed by atoms with Crippen molar-refractivity contribution < 1.29 is 17.4 Å². The summed E-state index contributed by atoms with van der Waals surface area (Å²) >= 11 is 0. The highest BCUT2D eigenvalue weighted by molar-refractivity contribution is 6.48. The van der Waals surface area contributed by atoms with Gasteiger partial charge in [0.05, 0.1) is 0 Å². The van der Waals surface area contributed by atoms with Crippen molar-refractivity contribution >= 4 is 7.11 Å². The minimum Gasteiger partial charge on any atom is -0.379 e. The zero-order valence-electron chi connectivity index (χ0n) is 5.97. The van der Waals surface area contributed by atoms with Gasteiger partial charge in [-0.2, -0.15) is 0 Å². The molecule has 1 nitrogen and oxygen atoms in total.